The summed E-state index contributed by atoms with van der Waals surface area (Å²) in [6.07, 6.45) is 9.91. The van der Waals surface area contributed by atoms with E-state index in [9.17, 15) is 0 Å². The molecule has 2 aromatic heterocycles. The average molecular weight is 249 g/mol. The fourth-order valence-corrected chi connectivity index (χ4v) is 3.83. The molecule has 0 unspecified atom stereocenters. The van der Waals surface area contributed by atoms with Crippen LogP contribution in [0.1, 0.15) is 32.1 Å². The van der Waals surface area contributed by atoms with Crippen molar-refractivity contribution in [2.45, 2.75) is 37.6 Å². The van der Waals surface area contributed by atoms with Crippen LogP contribution in [0.2, 0.25) is 5.15 Å². The van der Waals surface area contributed by atoms with Crippen LogP contribution < -0.4 is 0 Å². The van der Waals surface area contributed by atoms with Gasteiger partial charge in [-0.25, -0.2) is 15.0 Å². The maximum absolute atomic E-state index is 6.05. The Morgan fingerprint density at radius 2 is 2.06 bits per heavy atom. The number of aromatic nitrogens is 4. The number of imidazole rings is 1. The first kappa shape index (κ1) is 9.83. The van der Waals surface area contributed by atoms with Gasteiger partial charge in [-0.3, -0.25) is 0 Å². The molecular formula is C12H13ClN4. The highest BCUT2D eigenvalue weighted by atomic mass is 35.5. The number of hydrogen-bond acceptors (Lipinski definition) is 3. The Labute approximate surface area is 104 Å². The summed E-state index contributed by atoms with van der Waals surface area (Å²) in [5, 5.41) is 0.456. The molecule has 2 aliphatic rings. The third-order valence-corrected chi connectivity index (χ3v) is 4.78. The molecule has 2 fully saturated rings. The summed E-state index contributed by atoms with van der Waals surface area (Å²) in [6.45, 7) is 0. The number of hydrogen-bond donors (Lipinski definition) is 0. The molecule has 2 heterocycles. The van der Waals surface area contributed by atoms with E-state index in [0.717, 1.165) is 17.1 Å². The summed E-state index contributed by atoms with van der Waals surface area (Å²) in [6, 6.07) is 0. The minimum atomic E-state index is 0.261. The topological polar surface area (TPSA) is 43.6 Å². The molecule has 4 rings (SSSR count). The molecule has 0 amide bonds. The molecule has 0 saturated heterocycles. The number of halogens is 1. The van der Waals surface area contributed by atoms with Crippen LogP contribution in [0.3, 0.4) is 0 Å². The van der Waals surface area contributed by atoms with Crippen molar-refractivity contribution in [1.82, 2.24) is 19.5 Å². The van der Waals surface area contributed by atoms with Crippen LogP contribution >= 0.6 is 11.6 Å². The van der Waals surface area contributed by atoms with Crippen LogP contribution in [-0.4, -0.2) is 19.5 Å². The largest absolute Gasteiger partial charge is 0.309 e. The highest BCUT2D eigenvalue weighted by Gasteiger charge is 2.46. The molecule has 0 radical (unpaired) electrons. The maximum Gasteiger partial charge on any atom is 0.165 e. The standard InChI is InChI=1S/C12H13ClN4/c13-10-9-11(15-6-14-10)17(7-16-9)12-3-1-8(5-12)2-4-12/h6-8H,1-5H2. The summed E-state index contributed by atoms with van der Waals surface area (Å²) < 4.78 is 2.25. The quantitative estimate of drug-likeness (QED) is 0.729. The lowest BCUT2D eigenvalue weighted by molar-refractivity contribution is 0.298. The van der Waals surface area contributed by atoms with Crippen molar-refractivity contribution >= 4 is 22.8 Å². The normalized spacial score (nSPS) is 31.5. The lowest BCUT2D eigenvalue weighted by Gasteiger charge is -2.28. The highest BCUT2D eigenvalue weighted by Crippen LogP contribution is 2.53. The van der Waals surface area contributed by atoms with Crippen LogP contribution in [0.25, 0.3) is 11.2 Å². The second kappa shape index (κ2) is 3.19. The van der Waals surface area contributed by atoms with Crippen LogP contribution in [0.4, 0.5) is 0 Å². The average Bonchev–Trinajstić information content (AvgIpc) is 3.03. The molecule has 0 atom stereocenters. The second-order valence-electron chi connectivity index (χ2n) is 5.32. The Morgan fingerprint density at radius 1 is 1.24 bits per heavy atom. The first-order chi connectivity index (χ1) is 8.28. The predicted octanol–water partition coefficient (Wildman–Crippen LogP) is 2.77. The van der Waals surface area contributed by atoms with Crippen molar-refractivity contribution in [3.63, 3.8) is 0 Å². The van der Waals surface area contributed by atoms with Gasteiger partial charge in [0.05, 0.1) is 6.33 Å². The Hall–Kier alpha value is -1.16. The molecule has 2 aromatic rings. The lowest BCUT2D eigenvalue weighted by atomic mass is 9.93. The van der Waals surface area contributed by atoms with E-state index in [2.05, 4.69) is 19.5 Å². The zero-order valence-corrected chi connectivity index (χ0v) is 10.2. The summed E-state index contributed by atoms with van der Waals surface area (Å²) in [4.78, 5) is 12.7. The molecular weight excluding hydrogens is 236 g/mol. The van der Waals surface area contributed by atoms with Crippen molar-refractivity contribution < 1.29 is 0 Å². The van der Waals surface area contributed by atoms with Gasteiger partial charge in [0, 0.05) is 5.54 Å². The van der Waals surface area contributed by atoms with Gasteiger partial charge in [-0.2, -0.15) is 0 Å². The first-order valence-electron chi connectivity index (χ1n) is 6.13. The fraction of sp³-hybridized carbons (Fsp3) is 0.583. The third kappa shape index (κ3) is 1.22. The smallest absolute Gasteiger partial charge is 0.165 e. The lowest BCUT2D eigenvalue weighted by Crippen LogP contribution is -2.27. The Bertz CT molecular complexity index is 583. The monoisotopic (exact) mass is 248 g/mol. The van der Waals surface area contributed by atoms with Gasteiger partial charge in [-0.15, -0.1) is 0 Å². The molecule has 0 aliphatic heterocycles. The van der Waals surface area contributed by atoms with Gasteiger partial charge in [0.2, 0.25) is 0 Å². The van der Waals surface area contributed by atoms with E-state index in [0.29, 0.717) is 5.15 Å². The van der Waals surface area contributed by atoms with Gasteiger partial charge in [0.15, 0.2) is 10.8 Å². The molecule has 88 valence electrons. The molecule has 2 saturated carbocycles. The van der Waals surface area contributed by atoms with Crippen molar-refractivity contribution in [3.05, 3.63) is 17.8 Å². The summed E-state index contributed by atoms with van der Waals surface area (Å²) in [7, 11) is 0. The molecule has 0 N–H and O–H groups in total. The van der Waals surface area contributed by atoms with Crippen molar-refractivity contribution in [2.24, 2.45) is 5.92 Å². The van der Waals surface area contributed by atoms with Gasteiger partial charge in [0.25, 0.3) is 0 Å². The first-order valence-corrected chi connectivity index (χ1v) is 6.50. The maximum atomic E-state index is 6.05. The van der Waals surface area contributed by atoms with Gasteiger partial charge < -0.3 is 4.57 Å². The molecule has 5 heteroatoms. The fourth-order valence-electron chi connectivity index (χ4n) is 3.65. The van der Waals surface area contributed by atoms with Gasteiger partial charge in [0.1, 0.15) is 11.8 Å². The van der Waals surface area contributed by atoms with Gasteiger partial charge >= 0.3 is 0 Å². The molecule has 0 spiro atoms. The van der Waals surface area contributed by atoms with Gasteiger partial charge in [-0.1, -0.05) is 11.6 Å². The number of rotatable bonds is 1. The van der Waals surface area contributed by atoms with E-state index in [-0.39, 0.29) is 5.54 Å². The number of fused-ring (bicyclic) bond motifs is 3. The Kier molecular flexibility index (Phi) is 1.85. The molecule has 4 nitrogen and oxygen atoms in total. The number of nitrogens with zero attached hydrogens (tertiary/aromatic N) is 4. The van der Waals surface area contributed by atoms with Crippen molar-refractivity contribution in [2.75, 3.05) is 0 Å². The van der Waals surface area contributed by atoms with Crippen LogP contribution in [-0.2, 0) is 5.54 Å². The molecule has 17 heavy (non-hydrogen) atoms. The van der Waals surface area contributed by atoms with Crippen LogP contribution in [0.5, 0.6) is 0 Å². The summed E-state index contributed by atoms with van der Waals surface area (Å²) in [5.74, 6) is 0.907. The second-order valence-corrected chi connectivity index (χ2v) is 5.68. The van der Waals surface area contributed by atoms with E-state index in [1.165, 1.54) is 38.4 Å². The SMILES string of the molecule is Clc1ncnc2c1ncn2C12CCC(CC1)C2. The Morgan fingerprint density at radius 3 is 2.76 bits per heavy atom. The van der Waals surface area contributed by atoms with E-state index in [1.54, 1.807) is 0 Å². The predicted molar refractivity (Wildman–Crippen MR) is 64.9 cm³/mol. The molecule has 2 bridgehead atoms. The summed E-state index contributed by atoms with van der Waals surface area (Å²) in [5.41, 5.74) is 1.89. The van der Waals surface area contributed by atoms with Crippen molar-refractivity contribution in [3.8, 4) is 0 Å². The third-order valence-electron chi connectivity index (χ3n) is 4.50. The van der Waals surface area contributed by atoms with E-state index in [4.69, 9.17) is 11.6 Å². The van der Waals surface area contributed by atoms with E-state index in [1.807, 2.05) is 6.33 Å². The Balaban J connectivity index is 1.94. The van der Waals surface area contributed by atoms with Gasteiger partial charge in [-0.05, 0) is 38.0 Å². The minimum Gasteiger partial charge on any atom is -0.309 e. The highest BCUT2D eigenvalue weighted by molar-refractivity contribution is 6.33. The zero-order valence-electron chi connectivity index (χ0n) is 9.43. The summed E-state index contributed by atoms with van der Waals surface area (Å²) >= 11 is 6.05. The van der Waals surface area contributed by atoms with E-state index >= 15 is 0 Å². The van der Waals surface area contributed by atoms with Crippen LogP contribution in [0, 0.1) is 5.92 Å². The molecule has 0 aromatic carbocycles. The van der Waals surface area contributed by atoms with E-state index < -0.39 is 0 Å². The van der Waals surface area contributed by atoms with Crippen LogP contribution in [0.15, 0.2) is 12.7 Å². The van der Waals surface area contributed by atoms with Crippen molar-refractivity contribution in [1.29, 1.82) is 0 Å². The zero-order chi connectivity index (χ0) is 11.5. The molecule has 2 aliphatic carbocycles. The minimum absolute atomic E-state index is 0.261.